The maximum Gasteiger partial charge on any atom is 0.326 e. The number of aliphatic carboxylic acids is 1. The minimum absolute atomic E-state index is 0.0934. The van der Waals surface area contributed by atoms with Crippen LogP contribution in [0.3, 0.4) is 0 Å². The van der Waals surface area contributed by atoms with Gasteiger partial charge >= 0.3 is 5.97 Å². The molecule has 0 bridgehead atoms. The van der Waals surface area contributed by atoms with E-state index < -0.39 is 42.5 Å². The number of amides is 2. The summed E-state index contributed by atoms with van der Waals surface area (Å²) < 4.78 is 0. The molecule has 0 fully saturated rings. The van der Waals surface area contributed by atoms with Crippen LogP contribution in [0.15, 0.2) is 0 Å². The topological polar surface area (TPSA) is 142 Å². The van der Waals surface area contributed by atoms with E-state index in [1.807, 2.05) is 20.8 Å². The monoisotopic (exact) mass is 331 g/mol. The Balaban J connectivity index is 5.05. The summed E-state index contributed by atoms with van der Waals surface area (Å²) in [5, 5.41) is 23.1. The molecule has 8 nitrogen and oxygen atoms in total. The second kappa shape index (κ2) is 10.2. The number of carboxylic acid groups (broad SMARTS) is 1. The summed E-state index contributed by atoms with van der Waals surface area (Å²) in [5.74, 6) is -2.45. The van der Waals surface area contributed by atoms with Crippen LogP contribution in [-0.2, 0) is 14.4 Å². The first-order valence-electron chi connectivity index (χ1n) is 7.83. The van der Waals surface area contributed by atoms with Crippen molar-refractivity contribution in [1.29, 1.82) is 0 Å². The van der Waals surface area contributed by atoms with Crippen LogP contribution in [-0.4, -0.2) is 52.7 Å². The van der Waals surface area contributed by atoms with Gasteiger partial charge in [-0.25, -0.2) is 4.79 Å². The minimum atomic E-state index is -1.12. The zero-order valence-corrected chi connectivity index (χ0v) is 14.2. The lowest BCUT2D eigenvalue weighted by Crippen LogP contribution is -2.57. The summed E-state index contributed by atoms with van der Waals surface area (Å²) in [7, 11) is 0. The lowest BCUT2D eigenvalue weighted by atomic mass is 9.96. The molecular formula is C15H29N3O5. The highest BCUT2D eigenvalue weighted by Gasteiger charge is 2.31. The van der Waals surface area contributed by atoms with E-state index in [0.717, 1.165) is 0 Å². The van der Waals surface area contributed by atoms with Gasteiger partial charge in [-0.1, -0.05) is 34.1 Å². The smallest absolute Gasteiger partial charge is 0.326 e. The predicted octanol–water partition coefficient (Wildman–Crippen LogP) is -0.548. The van der Waals surface area contributed by atoms with Crippen LogP contribution in [0.5, 0.6) is 0 Å². The van der Waals surface area contributed by atoms with Crippen LogP contribution in [0.1, 0.15) is 40.5 Å². The number of aliphatic hydroxyl groups excluding tert-OH is 1. The van der Waals surface area contributed by atoms with Gasteiger partial charge in [-0.3, -0.25) is 9.59 Å². The molecular weight excluding hydrogens is 302 g/mol. The molecule has 8 heteroatoms. The van der Waals surface area contributed by atoms with Gasteiger partial charge in [0.2, 0.25) is 11.8 Å². The van der Waals surface area contributed by atoms with Gasteiger partial charge in [0, 0.05) is 0 Å². The summed E-state index contributed by atoms with van der Waals surface area (Å²) in [6, 6.07) is -3.04. The molecule has 2 amide bonds. The van der Waals surface area contributed by atoms with Gasteiger partial charge in [-0.15, -0.1) is 0 Å². The van der Waals surface area contributed by atoms with E-state index in [1.165, 1.54) is 0 Å². The zero-order valence-electron chi connectivity index (χ0n) is 14.2. The summed E-state index contributed by atoms with van der Waals surface area (Å²) in [5.41, 5.74) is 5.43. The van der Waals surface area contributed by atoms with E-state index in [2.05, 4.69) is 10.6 Å². The van der Waals surface area contributed by atoms with E-state index >= 15 is 0 Å². The lowest BCUT2D eigenvalue weighted by Gasteiger charge is -2.26. The maximum atomic E-state index is 12.4. The standard InChI is InChI=1S/C15H29N3O5/c1-5-9(4)12(18-13(20)10(16)7-19)14(21)17-11(15(22)23)6-8(2)3/h8-12,19H,5-7,16H2,1-4H3,(H,17,21)(H,18,20)(H,22,23)/t9-,10-,11-,12-/m0/s1. The Kier molecular flexibility index (Phi) is 9.43. The fourth-order valence-corrected chi connectivity index (χ4v) is 2.00. The summed E-state index contributed by atoms with van der Waals surface area (Å²) in [6.07, 6.45) is 0.896. The Morgan fingerprint density at radius 1 is 1.09 bits per heavy atom. The second-order valence-electron chi connectivity index (χ2n) is 6.19. The molecule has 0 aliphatic rings. The molecule has 0 heterocycles. The number of hydrogen-bond acceptors (Lipinski definition) is 5. The Bertz CT molecular complexity index is 414. The van der Waals surface area contributed by atoms with Gasteiger partial charge in [0.1, 0.15) is 18.1 Å². The largest absolute Gasteiger partial charge is 0.480 e. The molecule has 134 valence electrons. The van der Waals surface area contributed by atoms with Gasteiger partial charge < -0.3 is 26.6 Å². The third kappa shape index (κ3) is 7.43. The number of nitrogens with two attached hydrogens (primary N) is 1. The highest BCUT2D eigenvalue weighted by molar-refractivity contribution is 5.91. The minimum Gasteiger partial charge on any atom is -0.480 e. The number of nitrogens with one attached hydrogen (secondary N) is 2. The molecule has 0 unspecified atom stereocenters. The molecule has 0 aromatic heterocycles. The average Bonchev–Trinajstić information content (AvgIpc) is 2.49. The summed E-state index contributed by atoms with van der Waals surface area (Å²) >= 11 is 0. The van der Waals surface area contributed by atoms with Crippen LogP contribution < -0.4 is 16.4 Å². The molecule has 0 rings (SSSR count). The quantitative estimate of drug-likeness (QED) is 0.364. The molecule has 0 aromatic carbocycles. The van der Waals surface area contributed by atoms with Gasteiger partial charge in [0.15, 0.2) is 0 Å². The van der Waals surface area contributed by atoms with E-state index in [1.54, 1.807) is 6.92 Å². The number of hydrogen-bond donors (Lipinski definition) is 5. The molecule has 0 spiro atoms. The van der Waals surface area contributed by atoms with Crippen molar-refractivity contribution >= 4 is 17.8 Å². The molecule has 0 radical (unpaired) electrons. The molecule has 0 aliphatic carbocycles. The summed E-state index contributed by atoms with van der Waals surface area (Å²) in [4.78, 5) is 35.5. The SMILES string of the molecule is CC[C@H](C)[C@H](NC(=O)[C@@H](N)CO)C(=O)N[C@@H](CC(C)C)C(=O)O. The zero-order chi connectivity index (χ0) is 18.2. The van der Waals surface area contributed by atoms with E-state index in [-0.39, 0.29) is 11.8 Å². The fourth-order valence-electron chi connectivity index (χ4n) is 2.00. The van der Waals surface area contributed by atoms with Crippen molar-refractivity contribution in [2.24, 2.45) is 17.6 Å². The molecule has 23 heavy (non-hydrogen) atoms. The molecule has 0 aliphatic heterocycles. The van der Waals surface area contributed by atoms with Crippen LogP contribution in [0.4, 0.5) is 0 Å². The fraction of sp³-hybridized carbons (Fsp3) is 0.800. The van der Waals surface area contributed by atoms with E-state index in [0.29, 0.717) is 12.8 Å². The van der Waals surface area contributed by atoms with Gasteiger partial charge in [0.25, 0.3) is 0 Å². The number of carbonyl (C=O) groups is 3. The van der Waals surface area contributed by atoms with Crippen molar-refractivity contribution < 1.29 is 24.6 Å². The van der Waals surface area contributed by atoms with Crippen molar-refractivity contribution in [3.05, 3.63) is 0 Å². The van der Waals surface area contributed by atoms with Crippen molar-refractivity contribution in [2.75, 3.05) is 6.61 Å². The van der Waals surface area contributed by atoms with Gasteiger partial charge in [-0.2, -0.15) is 0 Å². The highest BCUT2D eigenvalue weighted by atomic mass is 16.4. The third-order valence-corrected chi connectivity index (χ3v) is 3.65. The molecule has 0 saturated heterocycles. The molecule has 6 N–H and O–H groups in total. The first kappa shape index (κ1) is 21.3. The summed E-state index contributed by atoms with van der Waals surface area (Å²) in [6.45, 7) is 6.80. The predicted molar refractivity (Wildman–Crippen MR) is 85.5 cm³/mol. The van der Waals surface area contributed by atoms with Crippen LogP contribution in [0, 0.1) is 11.8 Å². The van der Waals surface area contributed by atoms with Crippen molar-refractivity contribution in [1.82, 2.24) is 10.6 Å². The van der Waals surface area contributed by atoms with Gasteiger partial charge in [0.05, 0.1) is 6.61 Å². The van der Waals surface area contributed by atoms with Crippen molar-refractivity contribution in [3.8, 4) is 0 Å². The highest BCUT2D eigenvalue weighted by Crippen LogP contribution is 2.11. The first-order chi connectivity index (χ1) is 10.6. The third-order valence-electron chi connectivity index (χ3n) is 3.65. The molecule has 0 aromatic rings. The number of carbonyl (C=O) groups excluding carboxylic acids is 2. The molecule has 4 atom stereocenters. The second-order valence-corrected chi connectivity index (χ2v) is 6.19. The number of rotatable bonds is 10. The normalized spacial score (nSPS) is 16.3. The Morgan fingerprint density at radius 3 is 2.04 bits per heavy atom. The van der Waals surface area contributed by atoms with Crippen molar-refractivity contribution in [2.45, 2.75) is 58.7 Å². The molecule has 0 saturated carbocycles. The maximum absolute atomic E-state index is 12.4. The van der Waals surface area contributed by atoms with Crippen molar-refractivity contribution in [3.63, 3.8) is 0 Å². The lowest BCUT2D eigenvalue weighted by molar-refractivity contribution is -0.143. The van der Waals surface area contributed by atoms with E-state index in [4.69, 9.17) is 10.8 Å². The van der Waals surface area contributed by atoms with E-state index in [9.17, 15) is 19.5 Å². The van der Waals surface area contributed by atoms with Crippen LogP contribution in [0.25, 0.3) is 0 Å². The Hall–Kier alpha value is -1.67. The number of aliphatic hydroxyl groups is 1. The Morgan fingerprint density at radius 2 is 1.65 bits per heavy atom. The van der Waals surface area contributed by atoms with Crippen LogP contribution in [0.2, 0.25) is 0 Å². The number of carboxylic acids is 1. The van der Waals surface area contributed by atoms with Crippen LogP contribution >= 0.6 is 0 Å². The Labute approximate surface area is 136 Å². The van der Waals surface area contributed by atoms with Gasteiger partial charge in [-0.05, 0) is 18.3 Å². The first-order valence-corrected chi connectivity index (χ1v) is 7.83. The average molecular weight is 331 g/mol.